The molecule has 0 spiro atoms. The number of carboxylic acid groups (broad SMARTS) is 1. The van der Waals surface area contributed by atoms with E-state index in [0.717, 1.165) is 6.42 Å². The van der Waals surface area contributed by atoms with Crippen LogP contribution in [-0.4, -0.2) is 15.9 Å². The summed E-state index contributed by atoms with van der Waals surface area (Å²) in [6.45, 7) is 4.17. The first-order valence-corrected chi connectivity index (χ1v) is 4.32. The standard InChI is InChI=1S/C7H13BrO2/c1-5(2)3-4-6(8)7(9)10/h5-6H,3-4H2,1-2H3,(H,9,10)/t6-/m1/s1. The number of hydrogen-bond acceptors (Lipinski definition) is 1. The van der Waals surface area contributed by atoms with Crippen molar-refractivity contribution in [2.75, 3.05) is 0 Å². The first kappa shape index (κ1) is 9.95. The van der Waals surface area contributed by atoms with Gasteiger partial charge in [-0.15, -0.1) is 0 Å². The Morgan fingerprint density at radius 1 is 1.50 bits per heavy atom. The van der Waals surface area contributed by atoms with E-state index in [4.69, 9.17) is 5.11 Å². The summed E-state index contributed by atoms with van der Waals surface area (Å²) in [5.74, 6) is -0.181. The van der Waals surface area contributed by atoms with Crippen molar-refractivity contribution >= 4 is 21.9 Å². The minimum absolute atomic E-state index is 0.366. The highest BCUT2D eigenvalue weighted by molar-refractivity contribution is 9.10. The molecule has 0 aliphatic rings. The zero-order valence-electron chi connectivity index (χ0n) is 6.30. The number of carbonyl (C=O) groups is 1. The smallest absolute Gasteiger partial charge is 0.317 e. The average molecular weight is 209 g/mol. The van der Waals surface area contributed by atoms with E-state index in [1.165, 1.54) is 0 Å². The first-order chi connectivity index (χ1) is 4.54. The van der Waals surface area contributed by atoms with Crippen LogP contribution in [0.4, 0.5) is 0 Å². The minimum atomic E-state index is -0.763. The van der Waals surface area contributed by atoms with Gasteiger partial charge in [-0.05, 0) is 18.8 Å². The van der Waals surface area contributed by atoms with Gasteiger partial charge in [0.25, 0.3) is 0 Å². The highest BCUT2D eigenvalue weighted by atomic mass is 79.9. The molecule has 0 radical (unpaired) electrons. The van der Waals surface area contributed by atoms with Crippen LogP contribution in [0.25, 0.3) is 0 Å². The molecule has 3 heteroatoms. The fraction of sp³-hybridized carbons (Fsp3) is 0.857. The summed E-state index contributed by atoms with van der Waals surface area (Å²) >= 11 is 3.07. The van der Waals surface area contributed by atoms with Gasteiger partial charge in [-0.2, -0.15) is 0 Å². The van der Waals surface area contributed by atoms with Crippen LogP contribution in [0.1, 0.15) is 26.7 Å². The average Bonchev–Trinajstić information content (AvgIpc) is 1.82. The van der Waals surface area contributed by atoms with Gasteiger partial charge in [-0.25, -0.2) is 0 Å². The summed E-state index contributed by atoms with van der Waals surface area (Å²) in [7, 11) is 0. The molecule has 2 nitrogen and oxygen atoms in total. The number of aliphatic carboxylic acids is 1. The summed E-state index contributed by atoms with van der Waals surface area (Å²) in [6, 6.07) is 0. The van der Waals surface area contributed by atoms with Crippen LogP contribution in [0.15, 0.2) is 0 Å². The van der Waals surface area contributed by atoms with Gasteiger partial charge in [-0.1, -0.05) is 29.8 Å². The molecule has 0 aromatic rings. The highest BCUT2D eigenvalue weighted by Gasteiger charge is 2.12. The molecule has 0 aromatic heterocycles. The fourth-order valence-corrected chi connectivity index (χ4v) is 0.867. The Balaban J connectivity index is 3.40. The lowest BCUT2D eigenvalue weighted by molar-refractivity contribution is -0.136. The van der Waals surface area contributed by atoms with Crippen molar-refractivity contribution in [2.24, 2.45) is 5.92 Å². The van der Waals surface area contributed by atoms with E-state index < -0.39 is 5.97 Å². The van der Waals surface area contributed by atoms with Crippen LogP contribution in [0.3, 0.4) is 0 Å². The predicted molar refractivity (Wildman–Crippen MR) is 44.4 cm³/mol. The Hall–Kier alpha value is -0.0500. The van der Waals surface area contributed by atoms with Crippen molar-refractivity contribution in [1.82, 2.24) is 0 Å². The van der Waals surface area contributed by atoms with Crippen molar-refractivity contribution in [3.8, 4) is 0 Å². The zero-order chi connectivity index (χ0) is 8.15. The molecule has 0 unspecified atom stereocenters. The predicted octanol–water partition coefficient (Wildman–Crippen LogP) is 2.27. The monoisotopic (exact) mass is 208 g/mol. The molecule has 0 aromatic carbocycles. The molecule has 0 saturated carbocycles. The van der Waals surface area contributed by atoms with Crippen molar-refractivity contribution in [3.63, 3.8) is 0 Å². The zero-order valence-corrected chi connectivity index (χ0v) is 7.89. The number of alkyl halides is 1. The van der Waals surface area contributed by atoms with Crippen LogP contribution in [0, 0.1) is 5.92 Å². The van der Waals surface area contributed by atoms with Gasteiger partial charge in [0.2, 0.25) is 0 Å². The molecular formula is C7H13BrO2. The molecule has 0 rings (SSSR count). The van der Waals surface area contributed by atoms with E-state index in [-0.39, 0.29) is 4.83 Å². The van der Waals surface area contributed by atoms with Gasteiger partial charge in [0.1, 0.15) is 4.83 Å². The van der Waals surface area contributed by atoms with Crippen LogP contribution in [0.2, 0.25) is 0 Å². The topological polar surface area (TPSA) is 37.3 Å². The number of carboxylic acids is 1. The molecule has 0 saturated heterocycles. The fourth-order valence-electron chi connectivity index (χ4n) is 0.603. The minimum Gasteiger partial charge on any atom is -0.480 e. The van der Waals surface area contributed by atoms with Gasteiger partial charge in [0.05, 0.1) is 0 Å². The van der Waals surface area contributed by atoms with Crippen molar-refractivity contribution < 1.29 is 9.90 Å². The number of hydrogen-bond donors (Lipinski definition) is 1. The lowest BCUT2D eigenvalue weighted by Crippen LogP contribution is -2.12. The molecule has 0 aliphatic heterocycles. The Morgan fingerprint density at radius 3 is 2.30 bits per heavy atom. The van der Waals surface area contributed by atoms with Crippen LogP contribution >= 0.6 is 15.9 Å². The molecule has 10 heavy (non-hydrogen) atoms. The third kappa shape index (κ3) is 4.79. The molecule has 1 atom stereocenters. The summed E-state index contributed by atoms with van der Waals surface area (Å²) in [6.07, 6.45) is 1.68. The third-order valence-electron chi connectivity index (χ3n) is 1.27. The van der Waals surface area contributed by atoms with Crippen LogP contribution in [0.5, 0.6) is 0 Å². The second kappa shape index (κ2) is 4.72. The second-order valence-corrected chi connectivity index (χ2v) is 3.88. The molecule has 0 bridgehead atoms. The van der Waals surface area contributed by atoms with Gasteiger partial charge in [-0.3, -0.25) is 4.79 Å². The molecule has 60 valence electrons. The maximum atomic E-state index is 10.3. The molecule has 0 heterocycles. The Kier molecular flexibility index (Phi) is 4.69. The van der Waals surface area contributed by atoms with Gasteiger partial charge >= 0.3 is 5.97 Å². The molecular weight excluding hydrogens is 196 g/mol. The van der Waals surface area contributed by atoms with E-state index in [0.29, 0.717) is 12.3 Å². The Labute approximate surface area is 69.8 Å². The summed E-state index contributed by atoms with van der Waals surface area (Å²) in [5, 5.41) is 8.45. The van der Waals surface area contributed by atoms with Gasteiger partial charge in [0, 0.05) is 0 Å². The number of rotatable bonds is 4. The largest absolute Gasteiger partial charge is 0.480 e. The SMILES string of the molecule is CC(C)CC[C@@H](Br)C(=O)O. The van der Waals surface area contributed by atoms with Crippen LogP contribution in [-0.2, 0) is 4.79 Å². The first-order valence-electron chi connectivity index (χ1n) is 3.41. The van der Waals surface area contributed by atoms with Gasteiger partial charge in [0.15, 0.2) is 0 Å². The third-order valence-corrected chi connectivity index (χ3v) is 2.11. The van der Waals surface area contributed by atoms with Crippen molar-refractivity contribution in [3.05, 3.63) is 0 Å². The summed E-state index contributed by atoms with van der Waals surface area (Å²) in [4.78, 5) is 9.90. The molecule has 1 N–H and O–H groups in total. The van der Waals surface area contributed by atoms with E-state index in [9.17, 15) is 4.79 Å². The lowest BCUT2D eigenvalue weighted by atomic mass is 10.1. The maximum absolute atomic E-state index is 10.3. The van der Waals surface area contributed by atoms with Crippen LogP contribution < -0.4 is 0 Å². The van der Waals surface area contributed by atoms with E-state index >= 15 is 0 Å². The summed E-state index contributed by atoms with van der Waals surface area (Å²) in [5.41, 5.74) is 0. The molecule has 0 amide bonds. The lowest BCUT2D eigenvalue weighted by Gasteiger charge is -2.05. The van der Waals surface area contributed by atoms with Crippen molar-refractivity contribution in [2.45, 2.75) is 31.5 Å². The second-order valence-electron chi connectivity index (χ2n) is 2.78. The van der Waals surface area contributed by atoms with E-state index in [2.05, 4.69) is 29.8 Å². The molecule has 0 aliphatic carbocycles. The quantitative estimate of drug-likeness (QED) is 0.721. The van der Waals surface area contributed by atoms with Gasteiger partial charge < -0.3 is 5.11 Å². The maximum Gasteiger partial charge on any atom is 0.317 e. The van der Waals surface area contributed by atoms with Crippen molar-refractivity contribution in [1.29, 1.82) is 0 Å². The summed E-state index contributed by atoms with van der Waals surface area (Å²) < 4.78 is 0. The Morgan fingerprint density at radius 2 is 2.00 bits per heavy atom. The van der Waals surface area contributed by atoms with E-state index in [1.54, 1.807) is 0 Å². The molecule has 0 fully saturated rings. The number of halogens is 1. The highest BCUT2D eigenvalue weighted by Crippen LogP contribution is 2.12. The van der Waals surface area contributed by atoms with E-state index in [1.807, 2.05) is 0 Å². The normalized spacial score (nSPS) is 13.6. The Bertz CT molecular complexity index is 112.